The Morgan fingerprint density at radius 1 is 1.03 bits per heavy atom. The Bertz CT molecular complexity index is 1270. The van der Waals surface area contributed by atoms with Crippen LogP contribution in [0.5, 0.6) is 5.75 Å². The van der Waals surface area contributed by atoms with E-state index >= 15 is 0 Å². The first-order chi connectivity index (χ1) is 17.9. The quantitative estimate of drug-likeness (QED) is 0.247. The maximum Gasteiger partial charge on any atom is 0.295 e. The lowest BCUT2D eigenvalue weighted by Gasteiger charge is -2.28. The van der Waals surface area contributed by atoms with Crippen LogP contribution in [0.25, 0.3) is 5.76 Å². The van der Waals surface area contributed by atoms with Gasteiger partial charge in [0, 0.05) is 31.0 Å². The number of hydrogen-bond donors (Lipinski definition) is 1. The molecule has 37 heavy (non-hydrogen) atoms. The maximum absolute atomic E-state index is 13.2. The van der Waals surface area contributed by atoms with E-state index in [1.165, 1.54) is 5.56 Å². The number of aliphatic hydroxyl groups is 1. The van der Waals surface area contributed by atoms with Crippen molar-refractivity contribution in [2.45, 2.75) is 33.4 Å². The summed E-state index contributed by atoms with van der Waals surface area (Å²) in [7, 11) is 0. The molecule has 192 valence electrons. The molecule has 1 atom stereocenters. The molecule has 4 rings (SSSR count). The van der Waals surface area contributed by atoms with E-state index in [9.17, 15) is 14.7 Å². The number of rotatable bonds is 10. The monoisotopic (exact) mass is 499 g/mol. The van der Waals surface area contributed by atoms with Crippen molar-refractivity contribution in [1.29, 1.82) is 0 Å². The number of aryl methyl sites for hydroxylation is 1. The first-order valence-corrected chi connectivity index (χ1v) is 12.6. The molecular formula is C30H33N3O4. The van der Waals surface area contributed by atoms with Crippen LogP contribution in [0.2, 0.25) is 0 Å². The second-order valence-corrected chi connectivity index (χ2v) is 9.10. The third kappa shape index (κ3) is 5.89. The van der Waals surface area contributed by atoms with Crippen LogP contribution >= 0.6 is 0 Å². The summed E-state index contributed by atoms with van der Waals surface area (Å²) in [5.74, 6) is -0.841. The van der Waals surface area contributed by atoms with Gasteiger partial charge in [-0.15, -0.1) is 0 Å². The van der Waals surface area contributed by atoms with Gasteiger partial charge in [0.25, 0.3) is 11.7 Å². The number of hydrogen-bond acceptors (Lipinski definition) is 6. The van der Waals surface area contributed by atoms with Crippen LogP contribution in [0.4, 0.5) is 0 Å². The lowest BCUT2D eigenvalue weighted by molar-refractivity contribution is -0.140. The van der Waals surface area contributed by atoms with Crippen molar-refractivity contribution >= 4 is 17.4 Å². The molecule has 2 heterocycles. The maximum atomic E-state index is 13.2. The molecule has 7 heteroatoms. The van der Waals surface area contributed by atoms with Gasteiger partial charge in [-0.3, -0.25) is 14.6 Å². The molecule has 1 aliphatic rings. The van der Waals surface area contributed by atoms with Gasteiger partial charge in [0.05, 0.1) is 11.6 Å². The number of ether oxygens (including phenoxy) is 1. The number of benzene rings is 2. The summed E-state index contributed by atoms with van der Waals surface area (Å²) < 4.78 is 5.89. The molecule has 0 unspecified atom stereocenters. The summed E-state index contributed by atoms with van der Waals surface area (Å²) in [6.45, 7) is 9.28. The zero-order chi connectivity index (χ0) is 26.4. The summed E-state index contributed by atoms with van der Waals surface area (Å²) in [6.07, 6.45) is 3.25. The van der Waals surface area contributed by atoms with Crippen LogP contribution in [0.3, 0.4) is 0 Å². The number of pyridine rings is 1. The zero-order valence-corrected chi connectivity index (χ0v) is 21.6. The van der Waals surface area contributed by atoms with Gasteiger partial charge in [0.15, 0.2) is 0 Å². The minimum Gasteiger partial charge on any atom is -0.507 e. The van der Waals surface area contributed by atoms with Gasteiger partial charge in [0.1, 0.15) is 18.1 Å². The summed E-state index contributed by atoms with van der Waals surface area (Å²) in [5, 5.41) is 11.3. The van der Waals surface area contributed by atoms with Crippen LogP contribution in [0.15, 0.2) is 78.6 Å². The molecule has 1 fully saturated rings. The van der Waals surface area contributed by atoms with Gasteiger partial charge in [-0.05, 0) is 67.5 Å². The van der Waals surface area contributed by atoms with Crippen LogP contribution in [0.1, 0.15) is 42.1 Å². The molecule has 1 saturated heterocycles. The predicted molar refractivity (Wildman–Crippen MR) is 143 cm³/mol. The first kappa shape index (κ1) is 26.1. The standard InChI is InChI=1S/C30H33N3O4/c1-4-32(5-2)17-18-33-27(23-13-15-31-16-14-23)26(29(35)30(33)36)28(34)24-9-11-25(12-10-24)37-20-22-8-6-7-21(3)19-22/h6-16,19,27,34H,4-5,17-18,20H2,1-3H3/t27-/m0/s1. The lowest BCUT2D eigenvalue weighted by atomic mass is 9.96. The summed E-state index contributed by atoms with van der Waals surface area (Å²) >= 11 is 0. The number of likely N-dealkylation sites (N-methyl/N-ethyl adjacent to an activating group) is 1. The van der Waals surface area contributed by atoms with E-state index in [4.69, 9.17) is 4.74 Å². The van der Waals surface area contributed by atoms with E-state index in [-0.39, 0.29) is 11.3 Å². The molecule has 0 saturated carbocycles. The Balaban J connectivity index is 1.61. The number of carbonyl (C=O) groups excluding carboxylic acids is 2. The lowest BCUT2D eigenvalue weighted by Crippen LogP contribution is -2.38. The molecule has 1 N–H and O–H groups in total. The summed E-state index contributed by atoms with van der Waals surface area (Å²) in [6, 6.07) is 17.9. The van der Waals surface area contributed by atoms with E-state index in [2.05, 4.69) is 29.8 Å². The van der Waals surface area contributed by atoms with Crippen molar-refractivity contribution in [3.05, 3.63) is 101 Å². The number of carbonyl (C=O) groups is 2. The van der Waals surface area contributed by atoms with E-state index in [0.29, 0.717) is 31.0 Å². The number of nitrogens with zero attached hydrogens (tertiary/aromatic N) is 3. The highest BCUT2D eigenvalue weighted by Gasteiger charge is 2.45. The number of likely N-dealkylation sites (tertiary alicyclic amines) is 1. The number of aliphatic hydroxyl groups excluding tert-OH is 1. The predicted octanol–water partition coefficient (Wildman–Crippen LogP) is 4.73. The molecular weight excluding hydrogens is 466 g/mol. The number of ketones is 1. The summed E-state index contributed by atoms with van der Waals surface area (Å²) in [5.41, 5.74) is 3.49. The van der Waals surface area contributed by atoms with Gasteiger partial charge in [0.2, 0.25) is 0 Å². The highest BCUT2D eigenvalue weighted by Crippen LogP contribution is 2.39. The first-order valence-electron chi connectivity index (χ1n) is 12.6. The normalized spacial score (nSPS) is 17.0. The Hall–Kier alpha value is -3.97. The van der Waals surface area contributed by atoms with Gasteiger partial charge < -0.3 is 19.6 Å². The Labute approximate surface area is 218 Å². The number of aromatic nitrogens is 1. The van der Waals surface area contributed by atoms with Gasteiger partial charge in [-0.25, -0.2) is 0 Å². The van der Waals surface area contributed by atoms with Crippen LogP contribution in [0, 0.1) is 6.92 Å². The highest BCUT2D eigenvalue weighted by atomic mass is 16.5. The third-order valence-corrected chi connectivity index (χ3v) is 6.73. The van der Waals surface area contributed by atoms with E-state index < -0.39 is 17.7 Å². The molecule has 1 aromatic heterocycles. The minimum atomic E-state index is -0.684. The Morgan fingerprint density at radius 2 is 1.73 bits per heavy atom. The second kappa shape index (κ2) is 11.8. The molecule has 0 spiro atoms. The minimum absolute atomic E-state index is 0.0872. The van der Waals surface area contributed by atoms with E-state index in [0.717, 1.165) is 24.2 Å². The molecule has 1 amide bonds. The van der Waals surface area contributed by atoms with Crippen molar-refractivity contribution in [2.24, 2.45) is 0 Å². The smallest absolute Gasteiger partial charge is 0.295 e. The third-order valence-electron chi connectivity index (χ3n) is 6.73. The Kier molecular flexibility index (Phi) is 8.36. The SMILES string of the molecule is CCN(CC)CCN1C(=O)C(=O)C(=C(O)c2ccc(OCc3cccc(C)c3)cc2)[C@@H]1c1ccncc1. The van der Waals surface area contributed by atoms with Crippen molar-refractivity contribution in [1.82, 2.24) is 14.8 Å². The van der Waals surface area contributed by atoms with Crippen LogP contribution in [-0.4, -0.2) is 57.8 Å². The molecule has 0 aliphatic carbocycles. The summed E-state index contributed by atoms with van der Waals surface area (Å²) in [4.78, 5) is 34.1. The van der Waals surface area contributed by atoms with Crippen molar-refractivity contribution in [3.63, 3.8) is 0 Å². The molecule has 0 radical (unpaired) electrons. The fraction of sp³-hybridized carbons (Fsp3) is 0.300. The average molecular weight is 500 g/mol. The van der Waals surface area contributed by atoms with Crippen molar-refractivity contribution in [2.75, 3.05) is 26.2 Å². The van der Waals surface area contributed by atoms with Crippen molar-refractivity contribution < 1.29 is 19.4 Å². The largest absolute Gasteiger partial charge is 0.507 e. The van der Waals surface area contributed by atoms with Gasteiger partial charge in [-0.2, -0.15) is 0 Å². The highest BCUT2D eigenvalue weighted by molar-refractivity contribution is 6.46. The zero-order valence-electron chi connectivity index (χ0n) is 21.6. The number of amides is 1. The molecule has 7 nitrogen and oxygen atoms in total. The average Bonchev–Trinajstić information content (AvgIpc) is 3.18. The second-order valence-electron chi connectivity index (χ2n) is 9.10. The van der Waals surface area contributed by atoms with Gasteiger partial charge >= 0.3 is 0 Å². The molecule has 3 aromatic rings. The molecule has 1 aliphatic heterocycles. The van der Waals surface area contributed by atoms with Crippen molar-refractivity contribution in [3.8, 4) is 5.75 Å². The topological polar surface area (TPSA) is 83.0 Å². The molecule has 2 aromatic carbocycles. The van der Waals surface area contributed by atoms with Gasteiger partial charge in [-0.1, -0.05) is 43.7 Å². The Morgan fingerprint density at radius 3 is 2.38 bits per heavy atom. The fourth-order valence-corrected chi connectivity index (χ4v) is 4.63. The molecule has 0 bridgehead atoms. The van der Waals surface area contributed by atoms with Crippen LogP contribution in [-0.2, 0) is 16.2 Å². The van der Waals surface area contributed by atoms with E-state index in [1.54, 1.807) is 53.7 Å². The fourth-order valence-electron chi connectivity index (χ4n) is 4.63. The van der Waals surface area contributed by atoms with E-state index in [1.807, 2.05) is 25.1 Å². The van der Waals surface area contributed by atoms with Crippen LogP contribution < -0.4 is 4.74 Å². The number of Topliss-reactive ketones (excluding diaryl/α,β-unsaturated/α-hetero) is 1.